The maximum absolute atomic E-state index is 14.3. The molecule has 0 fully saturated rings. The third kappa shape index (κ3) is 5.83. The molecule has 0 aliphatic carbocycles. The monoisotopic (exact) mass is 433 g/mol. The van der Waals surface area contributed by atoms with E-state index in [1.54, 1.807) is 12.1 Å². The Morgan fingerprint density at radius 1 is 1.06 bits per heavy atom. The topological polar surface area (TPSA) is 38.8 Å². The van der Waals surface area contributed by atoms with Crippen LogP contribution >= 0.6 is 0 Å². The number of benzene rings is 3. The van der Waals surface area contributed by atoms with Gasteiger partial charge in [0.25, 0.3) is 0 Å². The molecule has 0 unspecified atom stereocenters. The summed E-state index contributed by atoms with van der Waals surface area (Å²) in [6.07, 6.45) is 2.85. The van der Waals surface area contributed by atoms with Crippen molar-refractivity contribution < 1.29 is 18.7 Å². The number of ketones is 1. The number of likely N-dealkylation sites (N-methyl/N-ethyl adjacent to an activating group) is 1. The Labute approximate surface area is 188 Å². The van der Waals surface area contributed by atoms with Crippen LogP contribution in [0.1, 0.15) is 21.5 Å². The average molecular weight is 434 g/mol. The fourth-order valence-corrected chi connectivity index (χ4v) is 3.28. The van der Waals surface area contributed by atoms with Gasteiger partial charge in [0, 0.05) is 18.2 Å². The van der Waals surface area contributed by atoms with Gasteiger partial charge in [0.05, 0.1) is 12.7 Å². The quantitative estimate of drug-likeness (QED) is 0.323. The second-order valence-corrected chi connectivity index (χ2v) is 7.76. The van der Waals surface area contributed by atoms with Crippen molar-refractivity contribution in [1.29, 1.82) is 0 Å². The van der Waals surface area contributed by atoms with Crippen molar-refractivity contribution in [3.63, 3.8) is 0 Å². The molecule has 0 N–H and O–H groups in total. The summed E-state index contributed by atoms with van der Waals surface area (Å²) in [5.41, 5.74) is 3.84. The molecule has 0 amide bonds. The number of hydrogen-bond donors (Lipinski definition) is 0. The molecule has 0 bridgehead atoms. The van der Waals surface area contributed by atoms with Gasteiger partial charge in [-0.3, -0.25) is 4.79 Å². The molecule has 0 heterocycles. The van der Waals surface area contributed by atoms with Crippen LogP contribution in [-0.2, 0) is 0 Å². The summed E-state index contributed by atoms with van der Waals surface area (Å²) in [4.78, 5) is 15.1. The second-order valence-electron chi connectivity index (χ2n) is 7.76. The van der Waals surface area contributed by atoms with E-state index in [0.29, 0.717) is 29.2 Å². The predicted molar refractivity (Wildman–Crippen MR) is 127 cm³/mol. The van der Waals surface area contributed by atoms with Crippen molar-refractivity contribution in [3.05, 3.63) is 89.2 Å². The molecule has 3 aromatic carbocycles. The summed E-state index contributed by atoms with van der Waals surface area (Å²) >= 11 is 0. The van der Waals surface area contributed by atoms with Crippen molar-refractivity contribution in [2.45, 2.75) is 6.92 Å². The number of halogens is 1. The van der Waals surface area contributed by atoms with Crippen LogP contribution in [0, 0.1) is 12.7 Å². The van der Waals surface area contributed by atoms with E-state index in [9.17, 15) is 9.18 Å². The third-order valence-corrected chi connectivity index (χ3v) is 5.12. The highest BCUT2D eigenvalue weighted by atomic mass is 19.1. The molecule has 4 nitrogen and oxygen atoms in total. The van der Waals surface area contributed by atoms with E-state index in [-0.39, 0.29) is 5.78 Å². The molecule has 0 radical (unpaired) electrons. The number of carbonyl (C=O) groups excluding carboxylic acids is 1. The van der Waals surface area contributed by atoms with Gasteiger partial charge in [0.1, 0.15) is 23.9 Å². The van der Waals surface area contributed by atoms with Crippen molar-refractivity contribution in [3.8, 4) is 22.6 Å². The summed E-state index contributed by atoms with van der Waals surface area (Å²) in [6, 6.07) is 18.1. The zero-order valence-corrected chi connectivity index (χ0v) is 18.9. The van der Waals surface area contributed by atoms with Crippen molar-refractivity contribution >= 4 is 11.9 Å². The summed E-state index contributed by atoms with van der Waals surface area (Å²) in [7, 11) is 5.40. The lowest BCUT2D eigenvalue weighted by atomic mass is 9.97. The number of rotatable bonds is 9. The van der Waals surface area contributed by atoms with Gasteiger partial charge < -0.3 is 14.4 Å². The SMILES string of the molecule is COc1ccc(C=CC(=O)c2cc(-c3ccccc3C)ccc2OCCN(C)C)c(F)c1. The Morgan fingerprint density at radius 2 is 1.84 bits per heavy atom. The minimum atomic E-state index is -0.454. The standard InChI is InChI=1S/C27H28FNO3/c1-19-7-5-6-8-23(19)21-11-14-27(32-16-15-29(2)3)24(17-21)26(30)13-10-20-9-12-22(31-4)18-25(20)28/h5-14,17-18H,15-16H2,1-4H3. The van der Waals surface area contributed by atoms with Gasteiger partial charge in [-0.05, 0) is 74.1 Å². The van der Waals surface area contributed by atoms with Gasteiger partial charge in [-0.25, -0.2) is 4.39 Å². The van der Waals surface area contributed by atoms with Crippen LogP contribution < -0.4 is 9.47 Å². The first kappa shape index (κ1) is 23.2. The van der Waals surface area contributed by atoms with Gasteiger partial charge in [-0.2, -0.15) is 0 Å². The number of ether oxygens (including phenoxy) is 2. The minimum absolute atomic E-state index is 0.254. The molecule has 3 rings (SSSR count). The smallest absolute Gasteiger partial charge is 0.189 e. The van der Waals surface area contributed by atoms with Crippen LogP contribution in [0.15, 0.2) is 66.7 Å². The van der Waals surface area contributed by atoms with E-state index < -0.39 is 5.82 Å². The third-order valence-electron chi connectivity index (χ3n) is 5.12. The lowest BCUT2D eigenvalue weighted by molar-refractivity contribution is 0.104. The number of carbonyl (C=O) groups is 1. The molecular weight excluding hydrogens is 405 g/mol. The van der Waals surface area contributed by atoms with Gasteiger partial charge >= 0.3 is 0 Å². The second kappa shape index (κ2) is 10.7. The molecule has 0 saturated carbocycles. The molecule has 0 spiro atoms. The van der Waals surface area contributed by atoms with Crippen molar-refractivity contribution in [2.24, 2.45) is 0 Å². The molecule has 5 heteroatoms. The van der Waals surface area contributed by atoms with Crippen molar-refractivity contribution in [2.75, 3.05) is 34.4 Å². The van der Waals surface area contributed by atoms with E-state index in [2.05, 4.69) is 0 Å². The largest absolute Gasteiger partial charge is 0.497 e. The van der Waals surface area contributed by atoms with E-state index in [1.165, 1.54) is 25.3 Å². The Hall–Kier alpha value is -3.44. The van der Waals surface area contributed by atoms with Crippen LogP contribution in [0.2, 0.25) is 0 Å². The molecule has 0 aliphatic heterocycles. The molecule has 0 aromatic heterocycles. The molecular formula is C27H28FNO3. The highest BCUT2D eigenvalue weighted by Gasteiger charge is 2.14. The summed E-state index contributed by atoms with van der Waals surface area (Å²) < 4.78 is 25.2. The Balaban J connectivity index is 1.94. The molecule has 32 heavy (non-hydrogen) atoms. The molecule has 166 valence electrons. The highest BCUT2D eigenvalue weighted by Crippen LogP contribution is 2.30. The first-order valence-electron chi connectivity index (χ1n) is 10.4. The van der Waals surface area contributed by atoms with Crippen LogP contribution in [0.5, 0.6) is 11.5 Å². The summed E-state index contributed by atoms with van der Waals surface area (Å²) in [5, 5.41) is 0. The van der Waals surface area contributed by atoms with E-state index in [1.807, 2.05) is 68.4 Å². The zero-order chi connectivity index (χ0) is 23.1. The van der Waals surface area contributed by atoms with Gasteiger partial charge in [-0.1, -0.05) is 30.3 Å². The summed E-state index contributed by atoms with van der Waals surface area (Å²) in [6.45, 7) is 3.21. The molecule has 3 aromatic rings. The van der Waals surface area contributed by atoms with E-state index in [4.69, 9.17) is 9.47 Å². The Bertz CT molecular complexity index is 1120. The zero-order valence-electron chi connectivity index (χ0n) is 18.9. The van der Waals surface area contributed by atoms with E-state index >= 15 is 0 Å². The lowest BCUT2D eigenvalue weighted by Crippen LogP contribution is -2.20. The lowest BCUT2D eigenvalue weighted by Gasteiger charge is -2.15. The fraction of sp³-hybridized carbons (Fsp3) is 0.222. The Kier molecular flexibility index (Phi) is 7.79. The molecule has 0 saturated heterocycles. The Morgan fingerprint density at radius 3 is 2.53 bits per heavy atom. The highest BCUT2D eigenvalue weighted by molar-refractivity contribution is 6.09. The minimum Gasteiger partial charge on any atom is -0.497 e. The van der Waals surface area contributed by atoms with Gasteiger partial charge in [0.2, 0.25) is 0 Å². The van der Waals surface area contributed by atoms with Crippen LogP contribution in [0.3, 0.4) is 0 Å². The van der Waals surface area contributed by atoms with Crippen LogP contribution in [-0.4, -0.2) is 45.0 Å². The molecule has 0 aliphatic rings. The van der Waals surface area contributed by atoms with Crippen LogP contribution in [0.25, 0.3) is 17.2 Å². The summed E-state index contributed by atoms with van der Waals surface area (Å²) in [5.74, 6) is 0.225. The first-order valence-corrected chi connectivity index (χ1v) is 10.4. The number of hydrogen-bond acceptors (Lipinski definition) is 4. The fourth-order valence-electron chi connectivity index (χ4n) is 3.28. The predicted octanol–water partition coefficient (Wildman–Crippen LogP) is 5.65. The van der Waals surface area contributed by atoms with Crippen molar-refractivity contribution in [1.82, 2.24) is 4.90 Å². The van der Waals surface area contributed by atoms with Crippen LogP contribution in [0.4, 0.5) is 4.39 Å². The average Bonchev–Trinajstić information content (AvgIpc) is 2.78. The maximum Gasteiger partial charge on any atom is 0.189 e. The number of aryl methyl sites for hydroxylation is 1. The van der Waals surface area contributed by atoms with Gasteiger partial charge in [-0.15, -0.1) is 0 Å². The van der Waals surface area contributed by atoms with Gasteiger partial charge in [0.15, 0.2) is 5.78 Å². The maximum atomic E-state index is 14.3. The number of allylic oxidation sites excluding steroid dienone is 1. The number of methoxy groups -OCH3 is 1. The van der Waals surface area contributed by atoms with E-state index in [0.717, 1.165) is 23.2 Å². The normalized spacial score (nSPS) is 11.2. The first-order chi connectivity index (χ1) is 15.4. The number of nitrogens with zero attached hydrogens (tertiary/aromatic N) is 1. The molecule has 0 atom stereocenters.